The predicted molar refractivity (Wildman–Crippen MR) is 90.2 cm³/mol. The maximum atomic E-state index is 11.0. The van der Waals surface area contributed by atoms with Gasteiger partial charge >= 0.3 is 0 Å². The molecule has 0 saturated carbocycles. The number of hydrogen-bond donors (Lipinski definition) is 1. The highest BCUT2D eigenvalue weighted by molar-refractivity contribution is 6.32. The van der Waals surface area contributed by atoms with Crippen molar-refractivity contribution < 1.29 is 10.0 Å². The smallest absolute Gasteiger partial charge is 0.288 e. The Morgan fingerprint density at radius 2 is 2.00 bits per heavy atom. The maximum Gasteiger partial charge on any atom is 0.288 e. The summed E-state index contributed by atoms with van der Waals surface area (Å²) in [7, 11) is 0. The van der Waals surface area contributed by atoms with Crippen LogP contribution in [0, 0.1) is 10.1 Å². The van der Waals surface area contributed by atoms with Crippen molar-refractivity contribution in [3.8, 4) is 5.75 Å². The van der Waals surface area contributed by atoms with E-state index in [1.54, 1.807) is 24.3 Å². The number of nitro groups is 1. The van der Waals surface area contributed by atoms with Gasteiger partial charge in [-0.1, -0.05) is 24.6 Å². The second-order valence-electron chi connectivity index (χ2n) is 5.36. The van der Waals surface area contributed by atoms with Gasteiger partial charge in [0.2, 0.25) is 0 Å². The minimum Gasteiger partial charge on any atom is -0.508 e. The predicted octanol–water partition coefficient (Wildman–Crippen LogP) is 4.52. The van der Waals surface area contributed by atoms with E-state index in [4.69, 9.17) is 11.6 Å². The van der Waals surface area contributed by atoms with Crippen LogP contribution in [0.15, 0.2) is 42.5 Å². The Morgan fingerprint density at radius 1 is 1.22 bits per heavy atom. The minimum absolute atomic E-state index is 0.0867. The number of aromatic nitrogens is 1. The van der Waals surface area contributed by atoms with E-state index in [2.05, 4.69) is 11.5 Å². The second-order valence-corrected chi connectivity index (χ2v) is 5.77. The van der Waals surface area contributed by atoms with Crippen molar-refractivity contribution in [3.05, 3.63) is 68.9 Å². The average Bonchev–Trinajstić information content (AvgIpc) is 2.85. The highest BCUT2D eigenvalue weighted by Gasteiger charge is 2.14. The molecule has 1 aromatic heterocycles. The Bertz CT molecular complexity index is 902. The van der Waals surface area contributed by atoms with Crippen LogP contribution in [-0.4, -0.2) is 14.6 Å². The number of phenolic OH excluding ortho intramolecular Hbond substituents is 1. The number of benzene rings is 2. The minimum atomic E-state index is -0.474. The number of rotatable bonds is 4. The Morgan fingerprint density at radius 3 is 2.70 bits per heavy atom. The van der Waals surface area contributed by atoms with Crippen molar-refractivity contribution >= 4 is 28.2 Å². The summed E-state index contributed by atoms with van der Waals surface area (Å²) in [6, 6.07) is 12.1. The SMILES string of the molecule is CCc1cc2cc(O)ccc2n1Cc1ccc(Cl)c([N+](=O)[O-])c1. The van der Waals surface area contributed by atoms with Gasteiger partial charge in [-0.25, -0.2) is 0 Å². The fourth-order valence-electron chi connectivity index (χ4n) is 2.77. The fraction of sp³-hybridized carbons (Fsp3) is 0.176. The Kier molecular flexibility index (Phi) is 3.96. The Hall–Kier alpha value is -2.53. The van der Waals surface area contributed by atoms with E-state index in [1.165, 1.54) is 6.07 Å². The van der Waals surface area contributed by atoms with Gasteiger partial charge in [-0.2, -0.15) is 0 Å². The lowest BCUT2D eigenvalue weighted by molar-refractivity contribution is -0.384. The average molecular weight is 331 g/mol. The molecule has 118 valence electrons. The molecule has 0 atom stereocenters. The molecule has 23 heavy (non-hydrogen) atoms. The number of nitrogens with zero attached hydrogens (tertiary/aromatic N) is 2. The first-order valence-electron chi connectivity index (χ1n) is 7.23. The number of fused-ring (bicyclic) bond motifs is 1. The fourth-order valence-corrected chi connectivity index (χ4v) is 2.96. The van der Waals surface area contributed by atoms with Crippen molar-refractivity contribution in [2.75, 3.05) is 0 Å². The summed E-state index contributed by atoms with van der Waals surface area (Å²) in [5, 5.41) is 21.7. The van der Waals surface area contributed by atoms with Gasteiger partial charge in [0.05, 0.1) is 4.92 Å². The molecule has 0 unspecified atom stereocenters. The maximum absolute atomic E-state index is 11.0. The molecule has 3 aromatic rings. The molecule has 0 amide bonds. The number of nitro benzene ring substituents is 1. The van der Waals surface area contributed by atoms with Crippen LogP contribution in [0.25, 0.3) is 10.9 Å². The lowest BCUT2D eigenvalue weighted by Crippen LogP contribution is -2.04. The zero-order valence-corrected chi connectivity index (χ0v) is 13.2. The summed E-state index contributed by atoms with van der Waals surface area (Å²) in [6.07, 6.45) is 0.825. The molecule has 0 aliphatic heterocycles. The van der Waals surface area contributed by atoms with Crippen molar-refractivity contribution in [1.29, 1.82) is 0 Å². The molecule has 0 radical (unpaired) electrons. The first-order valence-corrected chi connectivity index (χ1v) is 7.61. The number of aromatic hydroxyl groups is 1. The third kappa shape index (κ3) is 2.87. The van der Waals surface area contributed by atoms with E-state index in [1.807, 2.05) is 12.1 Å². The highest BCUT2D eigenvalue weighted by atomic mass is 35.5. The van der Waals surface area contributed by atoms with Crippen molar-refractivity contribution in [3.63, 3.8) is 0 Å². The lowest BCUT2D eigenvalue weighted by Gasteiger charge is -2.10. The molecule has 2 aromatic carbocycles. The van der Waals surface area contributed by atoms with Gasteiger partial charge in [0.25, 0.3) is 5.69 Å². The summed E-state index contributed by atoms with van der Waals surface area (Å²) in [4.78, 5) is 10.6. The standard InChI is InChI=1S/C17H15ClN2O3/c1-2-13-8-12-9-14(21)4-6-16(12)19(13)10-11-3-5-15(18)17(7-11)20(22)23/h3-9,21H,2,10H2,1H3. The van der Waals surface area contributed by atoms with Gasteiger partial charge in [0, 0.05) is 29.2 Å². The molecular formula is C17H15ClN2O3. The van der Waals surface area contributed by atoms with Gasteiger partial charge in [-0.15, -0.1) is 0 Å². The molecule has 0 aliphatic carbocycles. The number of halogens is 1. The van der Waals surface area contributed by atoms with Gasteiger partial charge in [0.1, 0.15) is 10.8 Å². The molecule has 0 bridgehead atoms. The molecule has 0 aliphatic rings. The van der Waals surface area contributed by atoms with Crippen molar-refractivity contribution in [2.24, 2.45) is 0 Å². The van der Waals surface area contributed by atoms with Crippen LogP contribution < -0.4 is 0 Å². The number of phenols is 1. The van der Waals surface area contributed by atoms with Crippen molar-refractivity contribution in [2.45, 2.75) is 19.9 Å². The molecule has 1 N–H and O–H groups in total. The van der Waals surface area contributed by atoms with Gasteiger partial charge < -0.3 is 9.67 Å². The van der Waals surface area contributed by atoms with Gasteiger partial charge in [-0.3, -0.25) is 10.1 Å². The summed E-state index contributed by atoms with van der Waals surface area (Å²) in [6.45, 7) is 2.56. The van der Waals surface area contributed by atoms with E-state index < -0.39 is 4.92 Å². The van der Waals surface area contributed by atoms with Crippen molar-refractivity contribution in [1.82, 2.24) is 4.57 Å². The zero-order valence-electron chi connectivity index (χ0n) is 12.5. The largest absolute Gasteiger partial charge is 0.508 e. The molecule has 6 heteroatoms. The summed E-state index contributed by atoms with van der Waals surface area (Å²) in [5.41, 5.74) is 2.80. The molecule has 0 fully saturated rings. The molecular weight excluding hydrogens is 316 g/mol. The number of hydrogen-bond acceptors (Lipinski definition) is 3. The van der Waals surface area contributed by atoms with E-state index >= 15 is 0 Å². The first kappa shape index (κ1) is 15.4. The van der Waals surface area contributed by atoms with Gasteiger partial charge in [0.15, 0.2) is 0 Å². The third-order valence-electron chi connectivity index (χ3n) is 3.88. The topological polar surface area (TPSA) is 68.3 Å². The van der Waals surface area contributed by atoms with Crippen LogP contribution in [-0.2, 0) is 13.0 Å². The monoisotopic (exact) mass is 330 g/mol. The van der Waals surface area contributed by atoms with Crippen LogP contribution in [0.4, 0.5) is 5.69 Å². The highest BCUT2D eigenvalue weighted by Crippen LogP contribution is 2.28. The number of aryl methyl sites for hydroxylation is 1. The first-order chi connectivity index (χ1) is 11.0. The summed E-state index contributed by atoms with van der Waals surface area (Å²) >= 11 is 5.87. The molecule has 1 heterocycles. The van der Waals surface area contributed by atoms with E-state index in [0.717, 1.165) is 28.6 Å². The van der Waals surface area contributed by atoms with Crippen LogP contribution in [0.3, 0.4) is 0 Å². The van der Waals surface area contributed by atoms with Gasteiger partial charge in [-0.05, 0) is 42.3 Å². The molecule has 5 nitrogen and oxygen atoms in total. The third-order valence-corrected chi connectivity index (χ3v) is 4.20. The second kappa shape index (κ2) is 5.93. The molecule has 0 spiro atoms. The van der Waals surface area contributed by atoms with E-state index in [-0.39, 0.29) is 16.5 Å². The van der Waals surface area contributed by atoms with Crippen LogP contribution in [0.2, 0.25) is 5.02 Å². The van der Waals surface area contributed by atoms with E-state index in [0.29, 0.717) is 6.54 Å². The summed E-state index contributed by atoms with van der Waals surface area (Å²) in [5.74, 6) is 0.222. The molecule has 3 rings (SSSR count). The van der Waals surface area contributed by atoms with Crippen LogP contribution in [0.5, 0.6) is 5.75 Å². The Balaban J connectivity index is 2.08. The lowest BCUT2D eigenvalue weighted by atomic mass is 10.2. The quantitative estimate of drug-likeness (QED) is 0.565. The molecule has 0 saturated heterocycles. The summed E-state index contributed by atoms with van der Waals surface area (Å²) < 4.78 is 2.10. The van der Waals surface area contributed by atoms with Crippen LogP contribution in [0.1, 0.15) is 18.2 Å². The zero-order chi connectivity index (χ0) is 16.6. The van der Waals surface area contributed by atoms with E-state index in [9.17, 15) is 15.2 Å². The van der Waals surface area contributed by atoms with Crippen LogP contribution >= 0.6 is 11.6 Å². The normalized spacial score (nSPS) is 11.0. The Labute approximate surface area is 137 Å².